The third-order valence-electron chi connectivity index (χ3n) is 2.19. The summed E-state index contributed by atoms with van der Waals surface area (Å²) in [6, 6.07) is 2.35. The highest BCUT2D eigenvalue weighted by molar-refractivity contribution is 9.10. The van der Waals surface area contributed by atoms with Gasteiger partial charge in [0, 0.05) is 26.8 Å². The molecule has 4 heteroatoms. The van der Waals surface area contributed by atoms with Gasteiger partial charge in [0.25, 0.3) is 0 Å². The van der Waals surface area contributed by atoms with Crippen molar-refractivity contribution in [3.63, 3.8) is 0 Å². The highest BCUT2D eigenvalue weighted by Crippen LogP contribution is 2.26. The van der Waals surface area contributed by atoms with Gasteiger partial charge in [-0.25, -0.2) is 0 Å². The Morgan fingerprint density at radius 3 is 2.79 bits per heavy atom. The van der Waals surface area contributed by atoms with Crippen LogP contribution in [-0.2, 0) is 6.54 Å². The first-order valence-corrected chi connectivity index (χ1v) is 6.37. The fraction of sp³-hybridized carbons (Fsp3) is 0.600. The van der Waals surface area contributed by atoms with Gasteiger partial charge in [-0.2, -0.15) is 0 Å². The molecule has 1 aromatic heterocycles. The molecule has 0 aromatic carbocycles. The van der Waals surface area contributed by atoms with Crippen molar-refractivity contribution in [1.29, 1.82) is 0 Å². The lowest BCUT2D eigenvalue weighted by Crippen LogP contribution is -2.30. The smallest absolute Gasteiger partial charge is 0.0584 e. The van der Waals surface area contributed by atoms with Crippen molar-refractivity contribution in [2.75, 3.05) is 6.61 Å². The molecule has 0 aliphatic rings. The third-order valence-corrected chi connectivity index (χ3v) is 4.32. The second-order valence-corrected chi connectivity index (χ2v) is 5.48. The fourth-order valence-corrected chi connectivity index (χ4v) is 2.74. The van der Waals surface area contributed by atoms with E-state index >= 15 is 0 Å². The standard InChI is InChI=1S/C10H16BrNOS/c1-3-8(6-13)12-5-9-4-10(11)7(2)14-9/h4,8,12-13H,3,5-6H2,1-2H3/t8-/m0/s1. The van der Waals surface area contributed by atoms with E-state index in [9.17, 15) is 0 Å². The van der Waals surface area contributed by atoms with E-state index in [2.05, 4.69) is 41.2 Å². The average Bonchev–Trinajstić information content (AvgIpc) is 2.48. The van der Waals surface area contributed by atoms with Gasteiger partial charge in [0.2, 0.25) is 0 Å². The number of hydrogen-bond acceptors (Lipinski definition) is 3. The van der Waals surface area contributed by atoms with Crippen LogP contribution in [0, 0.1) is 6.92 Å². The molecule has 0 aliphatic heterocycles. The number of aryl methyl sites for hydroxylation is 1. The van der Waals surface area contributed by atoms with Gasteiger partial charge in [-0.05, 0) is 35.3 Å². The Kier molecular flexibility index (Phi) is 5.09. The van der Waals surface area contributed by atoms with Gasteiger partial charge in [0.1, 0.15) is 0 Å². The van der Waals surface area contributed by atoms with Gasteiger partial charge in [-0.15, -0.1) is 11.3 Å². The van der Waals surface area contributed by atoms with Gasteiger partial charge < -0.3 is 10.4 Å². The van der Waals surface area contributed by atoms with E-state index in [1.54, 1.807) is 11.3 Å². The molecule has 0 spiro atoms. The largest absolute Gasteiger partial charge is 0.395 e. The average molecular weight is 278 g/mol. The predicted octanol–water partition coefficient (Wildman–Crippen LogP) is 2.68. The molecule has 2 nitrogen and oxygen atoms in total. The first kappa shape index (κ1) is 12.2. The van der Waals surface area contributed by atoms with Crippen LogP contribution in [-0.4, -0.2) is 17.8 Å². The zero-order valence-electron chi connectivity index (χ0n) is 8.51. The van der Waals surface area contributed by atoms with Gasteiger partial charge >= 0.3 is 0 Å². The third kappa shape index (κ3) is 3.35. The van der Waals surface area contributed by atoms with E-state index in [1.165, 1.54) is 14.2 Å². The number of aliphatic hydroxyl groups is 1. The van der Waals surface area contributed by atoms with E-state index in [1.807, 2.05) is 0 Å². The van der Waals surface area contributed by atoms with Crippen LogP contribution in [0.4, 0.5) is 0 Å². The summed E-state index contributed by atoms with van der Waals surface area (Å²) in [5.41, 5.74) is 0. The Balaban J connectivity index is 2.45. The molecule has 1 atom stereocenters. The summed E-state index contributed by atoms with van der Waals surface area (Å²) in [5, 5.41) is 12.3. The highest BCUT2D eigenvalue weighted by atomic mass is 79.9. The highest BCUT2D eigenvalue weighted by Gasteiger charge is 2.06. The Morgan fingerprint density at radius 2 is 2.36 bits per heavy atom. The van der Waals surface area contributed by atoms with E-state index in [0.29, 0.717) is 0 Å². The van der Waals surface area contributed by atoms with Crippen molar-refractivity contribution >= 4 is 27.3 Å². The lowest BCUT2D eigenvalue weighted by Gasteiger charge is -2.12. The SMILES string of the molecule is CC[C@@H](CO)NCc1cc(Br)c(C)s1. The van der Waals surface area contributed by atoms with Crippen LogP contribution in [0.2, 0.25) is 0 Å². The topological polar surface area (TPSA) is 32.3 Å². The molecule has 0 aliphatic carbocycles. The molecule has 2 N–H and O–H groups in total. The number of thiophene rings is 1. The molecule has 0 unspecified atom stereocenters. The Bertz CT molecular complexity index is 264. The minimum Gasteiger partial charge on any atom is -0.395 e. The zero-order chi connectivity index (χ0) is 10.6. The van der Waals surface area contributed by atoms with Crippen molar-refractivity contribution in [2.24, 2.45) is 0 Å². The van der Waals surface area contributed by atoms with Gasteiger partial charge in [-0.3, -0.25) is 0 Å². The Hall–Kier alpha value is 0.1000. The lowest BCUT2D eigenvalue weighted by molar-refractivity contribution is 0.238. The van der Waals surface area contributed by atoms with E-state index in [0.717, 1.165) is 13.0 Å². The molecule has 14 heavy (non-hydrogen) atoms. The van der Waals surface area contributed by atoms with Crippen LogP contribution in [0.3, 0.4) is 0 Å². The molecule has 80 valence electrons. The predicted molar refractivity (Wildman–Crippen MR) is 64.8 cm³/mol. The van der Waals surface area contributed by atoms with Crippen LogP contribution in [0.1, 0.15) is 23.1 Å². The number of halogens is 1. The summed E-state index contributed by atoms with van der Waals surface area (Å²) >= 11 is 5.28. The normalized spacial score (nSPS) is 13.1. The summed E-state index contributed by atoms with van der Waals surface area (Å²) < 4.78 is 1.18. The summed E-state index contributed by atoms with van der Waals surface area (Å²) in [4.78, 5) is 2.61. The van der Waals surface area contributed by atoms with E-state index in [-0.39, 0.29) is 12.6 Å². The summed E-state index contributed by atoms with van der Waals surface area (Å²) in [6.45, 7) is 5.23. The second kappa shape index (κ2) is 5.85. The lowest BCUT2D eigenvalue weighted by atomic mass is 10.2. The Morgan fingerprint density at radius 1 is 1.64 bits per heavy atom. The first-order valence-electron chi connectivity index (χ1n) is 4.76. The maximum absolute atomic E-state index is 9.00. The summed E-state index contributed by atoms with van der Waals surface area (Å²) in [5.74, 6) is 0. The molecule has 1 rings (SSSR count). The fourth-order valence-electron chi connectivity index (χ4n) is 1.19. The molecule has 0 saturated carbocycles. The van der Waals surface area contributed by atoms with Crippen LogP contribution in [0.25, 0.3) is 0 Å². The quantitative estimate of drug-likeness (QED) is 0.868. The van der Waals surface area contributed by atoms with Crippen molar-refractivity contribution in [3.8, 4) is 0 Å². The van der Waals surface area contributed by atoms with E-state index < -0.39 is 0 Å². The van der Waals surface area contributed by atoms with Crippen LogP contribution >= 0.6 is 27.3 Å². The number of aliphatic hydroxyl groups excluding tert-OH is 1. The van der Waals surface area contributed by atoms with Gasteiger partial charge in [0.15, 0.2) is 0 Å². The summed E-state index contributed by atoms with van der Waals surface area (Å²) in [6.07, 6.45) is 0.960. The van der Waals surface area contributed by atoms with Crippen LogP contribution in [0.15, 0.2) is 10.5 Å². The van der Waals surface area contributed by atoms with Crippen molar-refractivity contribution in [3.05, 3.63) is 20.3 Å². The van der Waals surface area contributed by atoms with E-state index in [4.69, 9.17) is 5.11 Å². The van der Waals surface area contributed by atoms with Gasteiger partial charge in [0.05, 0.1) is 6.61 Å². The number of rotatable bonds is 5. The maximum Gasteiger partial charge on any atom is 0.0584 e. The summed E-state index contributed by atoms with van der Waals surface area (Å²) in [7, 11) is 0. The maximum atomic E-state index is 9.00. The second-order valence-electron chi connectivity index (χ2n) is 3.29. The molecular formula is C10H16BrNOS. The van der Waals surface area contributed by atoms with Crippen LogP contribution in [0.5, 0.6) is 0 Å². The van der Waals surface area contributed by atoms with Crippen LogP contribution < -0.4 is 5.32 Å². The minimum atomic E-state index is 0.210. The molecule has 0 fully saturated rings. The molecule has 1 heterocycles. The molecule has 0 amide bonds. The minimum absolute atomic E-state index is 0.210. The first-order chi connectivity index (χ1) is 6.67. The Labute approximate surface area is 97.5 Å². The molecule has 0 radical (unpaired) electrons. The molecule has 1 aromatic rings. The van der Waals surface area contributed by atoms with Crippen molar-refractivity contribution < 1.29 is 5.11 Å². The monoisotopic (exact) mass is 277 g/mol. The van der Waals surface area contributed by atoms with Crippen molar-refractivity contribution in [1.82, 2.24) is 5.32 Å². The number of hydrogen-bond donors (Lipinski definition) is 2. The molecular weight excluding hydrogens is 262 g/mol. The van der Waals surface area contributed by atoms with Gasteiger partial charge in [-0.1, -0.05) is 6.92 Å². The zero-order valence-corrected chi connectivity index (χ0v) is 10.9. The molecule has 0 bridgehead atoms. The molecule has 0 saturated heterocycles. The van der Waals surface area contributed by atoms with Crippen molar-refractivity contribution in [2.45, 2.75) is 32.9 Å². The number of nitrogens with one attached hydrogen (secondary N) is 1.